The Labute approximate surface area is 158 Å². The number of esters is 1. The van der Waals surface area contributed by atoms with Crippen molar-refractivity contribution in [1.82, 2.24) is 9.97 Å². The number of amides is 1. The average molecular weight is 368 g/mol. The van der Waals surface area contributed by atoms with Gasteiger partial charge in [-0.2, -0.15) is 0 Å². The topological polar surface area (TPSA) is 93.2 Å². The number of hydrogen-bond donors (Lipinski definition) is 2. The molecule has 0 bridgehead atoms. The molecule has 2 N–H and O–H groups in total. The van der Waals surface area contributed by atoms with E-state index in [9.17, 15) is 9.59 Å². The van der Waals surface area contributed by atoms with Gasteiger partial charge in [-0.25, -0.2) is 14.8 Å². The molecule has 0 aliphatic heterocycles. The van der Waals surface area contributed by atoms with Crippen molar-refractivity contribution in [3.05, 3.63) is 47.8 Å². The quantitative estimate of drug-likeness (QED) is 0.618. The third kappa shape index (κ3) is 5.26. The van der Waals surface area contributed by atoms with E-state index < -0.39 is 5.97 Å². The maximum atomic E-state index is 12.3. The van der Waals surface area contributed by atoms with Crippen molar-refractivity contribution in [3.63, 3.8) is 0 Å². The summed E-state index contributed by atoms with van der Waals surface area (Å²) in [5.74, 6) is -0.166. The minimum Gasteiger partial charge on any atom is -0.465 e. The minimum atomic E-state index is -0.418. The van der Waals surface area contributed by atoms with Gasteiger partial charge in [-0.1, -0.05) is 25.7 Å². The molecular formula is C20H24N4O3. The summed E-state index contributed by atoms with van der Waals surface area (Å²) in [5, 5.41) is 6.12. The number of nitrogens with one attached hydrogen (secondary N) is 2. The molecule has 27 heavy (non-hydrogen) atoms. The Hall–Kier alpha value is -2.96. The number of anilines is 2. The maximum absolute atomic E-state index is 12.3. The number of aromatic nitrogens is 2. The molecular weight excluding hydrogens is 344 g/mol. The fourth-order valence-electron chi connectivity index (χ4n) is 3.14. The highest BCUT2D eigenvalue weighted by Gasteiger charge is 2.14. The predicted molar refractivity (Wildman–Crippen MR) is 103 cm³/mol. The van der Waals surface area contributed by atoms with Gasteiger partial charge in [0.25, 0.3) is 5.91 Å². The van der Waals surface area contributed by atoms with Crippen LogP contribution >= 0.6 is 0 Å². The molecule has 0 radical (unpaired) electrons. The van der Waals surface area contributed by atoms with Gasteiger partial charge in [0.15, 0.2) is 0 Å². The number of methoxy groups -OCH3 is 1. The lowest BCUT2D eigenvalue weighted by Gasteiger charge is -2.15. The van der Waals surface area contributed by atoms with E-state index in [0.29, 0.717) is 28.8 Å². The first-order valence-corrected chi connectivity index (χ1v) is 9.24. The molecule has 0 unspecified atom stereocenters. The van der Waals surface area contributed by atoms with Gasteiger partial charge in [-0.05, 0) is 37.1 Å². The summed E-state index contributed by atoms with van der Waals surface area (Å²) in [4.78, 5) is 32.3. The van der Waals surface area contributed by atoms with E-state index in [1.165, 1.54) is 45.2 Å². The van der Waals surface area contributed by atoms with Crippen molar-refractivity contribution in [2.45, 2.75) is 44.6 Å². The number of carbonyl (C=O) groups excluding carboxylic acids is 2. The number of hydrogen-bond acceptors (Lipinski definition) is 6. The van der Waals surface area contributed by atoms with Gasteiger partial charge in [0, 0.05) is 24.1 Å². The van der Waals surface area contributed by atoms with Crippen LogP contribution in [0.25, 0.3) is 0 Å². The van der Waals surface area contributed by atoms with Crippen LogP contribution in [0.4, 0.5) is 11.6 Å². The summed E-state index contributed by atoms with van der Waals surface area (Å²) in [7, 11) is 1.33. The summed E-state index contributed by atoms with van der Waals surface area (Å²) >= 11 is 0. The molecule has 0 saturated heterocycles. The SMILES string of the molecule is COC(=O)c1ccc(NC(=O)c2cnc(NC3CCCCCC3)nc2)cc1. The predicted octanol–water partition coefficient (Wildman–Crippen LogP) is 3.65. The fraction of sp³-hybridized carbons (Fsp3) is 0.400. The first-order valence-electron chi connectivity index (χ1n) is 9.24. The second-order valence-corrected chi connectivity index (χ2v) is 6.65. The molecule has 3 rings (SSSR count). The molecule has 0 atom stereocenters. The zero-order valence-electron chi connectivity index (χ0n) is 15.4. The van der Waals surface area contributed by atoms with Crippen molar-refractivity contribution in [3.8, 4) is 0 Å². The van der Waals surface area contributed by atoms with Crippen molar-refractivity contribution < 1.29 is 14.3 Å². The van der Waals surface area contributed by atoms with Crippen molar-refractivity contribution in [2.75, 3.05) is 17.7 Å². The smallest absolute Gasteiger partial charge is 0.337 e. The zero-order valence-corrected chi connectivity index (χ0v) is 15.4. The highest BCUT2D eigenvalue weighted by atomic mass is 16.5. The molecule has 1 aromatic carbocycles. The van der Waals surface area contributed by atoms with Crippen LogP contribution in [0.2, 0.25) is 0 Å². The van der Waals surface area contributed by atoms with Crippen LogP contribution in [0.3, 0.4) is 0 Å². The van der Waals surface area contributed by atoms with E-state index >= 15 is 0 Å². The lowest BCUT2D eigenvalue weighted by Crippen LogP contribution is -2.20. The van der Waals surface area contributed by atoms with E-state index in [2.05, 4.69) is 25.3 Å². The Morgan fingerprint density at radius 3 is 2.19 bits per heavy atom. The van der Waals surface area contributed by atoms with Crippen molar-refractivity contribution >= 4 is 23.5 Å². The number of carbonyl (C=O) groups is 2. The highest BCUT2D eigenvalue weighted by molar-refractivity contribution is 6.04. The number of ether oxygens (including phenoxy) is 1. The Bertz CT molecular complexity index is 767. The molecule has 1 saturated carbocycles. The molecule has 1 fully saturated rings. The van der Waals surface area contributed by atoms with Crippen LogP contribution in [0, 0.1) is 0 Å². The third-order valence-corrected chi connectivity index (χ3v) is 4.67. The van der Waals surface area contributed by atoms with Gasteiger partial charge in [-0.3, -0.25) is 4.79 Å². The Morgan fingerprint density at radius 2 is 1.59 bits per heavy atom. The van der Waals surface area contributed by atoms with Crippen LogP contribution in [0.15, 0.2) is 36.7 Å². The number of nitrogens with zero attached hydrogens (tertiary/aromatic N) is 2. The second kappa shape index (κ2) is 9.12. The molecule has 1 aromatic heterocycles. The summed E-state index contributed by atoms with van der Waals surface area (Å²) in [5.41, 5.74) is 1.37. The van der Waals surface area contributed by atoms with Gasteiger partial charge in [0.1, 0.15) is 0 Å². The molecule has 7 heteroatoms. The number of rotatable bonds is 5. The highest BCUT2D eigenvalue weighted by Crippen LogP contribution is 2.19. The van der Waals surface area contributed by atoms with Gasteiger partial charge in [-0.15, -0.1) is 0 Å². The van der Waals surface area contributed by atoms with Gasteiger partial charge < -0.3 is 15.4 Å². The van der Waals surface area contributed by atoms with Crippen molar-refractivity contribution in [2.24, 2.45) is 0 Å². The van der Waals surface area contributed by atoms with E-state index in [4.69, 9.17) is 0 Å². The third-order valence-electron chi connectivity index (χ3n) is 4.67. The molecule has 2 aromatic rings. The first-order chi connectivity index (χ1) is 13.2. The van der Waals surface area contributed by atoms with Crippen LogP contribution in [-0.4, -0.2) is 35.0 Å². The van der Waals surface area contributed by atoms with Crippen LogP contribution < -0.4 is 10.6 Å². The standard InChI is InChI=1S/C20H24N4O3/c1-27-19(26)14-8-10-17(11-9-14)23-18(25)15-12-21-20(22-13-15)24-16-6-4-2-3-5-7-16/h8-13,16H,2-7H2,1H3,(H,23,25)(H,21,22,24). The monoisotopic (exact) mass is 368 g/mol. The van der Waals surface area contributed by atoms with E-state index in [0.717, 1.165) is 12.8 Å². The summed E-state index contributed by atoms with van der Waals surface area (Å²) in [6.07, 6.45) is 10.3. The molecule has 142 valence electrons. The summed E-state index contributed by atoms with van der Waals surface area (Å²) in [6, 6.07) is 6.88. The van der Waals surface area contributed by atoms with Crippen LogP contribution in [0.5, 0.6) is 0 Å². The summed E-state index contributed by atoms with van der Waals surface area (Å²) in [6.45, 7) is 0. The van der Waals surface area contributed by atoms with Gasteiger partial charge in [0.05, 0.1) is 18.2 Å². The first kappa shape index (κ1) is 18.8. The van der Waals surface area contributed by atoms with Crippen molar-refractivity contribution in [1.29, 1.82) is 0 Å². The lowest BCUT2D eigenvalue weighted by atomic mass is 10.1. The van der Waals surface area contributed by atoms with Crippen LogP contribution in [0.1, 0.15) is 59.2 Å². The molecule has 1 aliphatic carbocycles. The normalized spacial score (nSPS) is 14.9. The average Bonchev–Trinajstić information content (AvgIpc) is 2.97. The van der Waals surface area contributed by atoms with E-state index in [1.807, 2.05) is 0 Å². The molecule has 0 spiro atoms. The van der Waals surface area contributed by atoms with Gasteiger partial charge >= 0.3 is 5.97 Å². The molecule has 7 nitrogen and oxygen atoms in total. The van der Waals surface area contributed by atoms with Gasteiger partial charge in [0.2, 0.25) is 5.95 Å². The number of benzene rings is 1. The zero-order chi connectivity index (χ0) is 19.1. The van der Waals surface area contributed by atoms with E-state index in [-0.39, 0.29) is 5.91 Å². The molecule has 1 aliphatic rings. The Balaban J connectivity index is 1.57. The summed E-state index contributed by atoms with van der Waals surface area (Å²) < 4.78 is 4.65. The Kier molecular flexibility index (Phi) is 6.35. The van der Waals surface area contributed by atoms with Crippen LogP contribution in [-0.2, 0) is 4.74 Å². The fourth-order valence-corrected chi connectivity index (χ4v) is 3.14. The largest absolute Gasteiger partial charge is 0.465 e. The minimum absolute atomic E-state index is 0.304. The second-order valence-electron chi connectivity index (χ2n) is 6.65. The maximum Gasteiger partial charge on any atom is 0.337 e. The Morgan fingerprint density at radius 1 is 0.963 bits per heavy atom. The molecule has 1 heterocycles. The molecule has 1 amide bonds. The lowest BCUT2D eigenvalue weighted by molar-refractivity contribution is 0.0600. The van der Waals surface area contributed by atoms with E-state index in [1.54, 1.807) is 24.3 Å².